The number of carbonyl (C=O) groups is 1. The largest absolute Gasteiger partial charge is 0.497 e. The number of amides is 1. The molecule has 140 valence electrons. The fourth-order valence-corrected chi connectivity index (χ4v) is 4.76. The van der Waals surface area contributed by atoms with Crippen molar-refractivity contribution in [3.63, 3.8) is 0 Å². The molecule has 0 saturated heterocycles. The Labute approximate surface area is 162 Å². The molecule has 0 aliphatic rings. The summed E-state index contributed by atoms with van der Waals surface area (Å²) in [4.78, 5) is 12.1. The molecule has 0 fully saturated rings. The second kappa shape index (κ2) is 8.73. The van der Waals surface area contributed by atoms with E-state index >= 15 is 0 Å². The number of sulfonamides is 1. The highest BCUT2D eigenvalue weighted by atomic mass is 35.5. The molecular weight excluding hydrogens is 399 g/mol. The molecule has 0 heterocycles. The number of nitrogens with zero attached hydrogens (tertiary/aromatic N) is 1. The maximum atomic E-state index is 12.8. The summed E-state index contributed by atoms with van der Waals surface area (Å²) in [5, 5.41) is 2.66. The number of carbonyl (C=O) groups excluding carboxylic acids is 1. The molecule has 1 N–H and O–H groups in total. The first-order valence-electron chi connectivity index (χ1n) is 7.67. The lowest BCUT2D eigenvalue weighted by Gasteiger charge is -2.21. The van der Waals surface area contributed by atoms with Gasteiger partial charge in [0.05, 0.1) is 23.7 Å². The van der Waals surface area contributed by atoms with Gasteiger partial charge >= 0.3 is 0 Å². The molecule has 0 aliphatic heterocycles. The van der Waals surface area contributed by atoms with Crippen LogP contribution in [0.2, 0.25) is 10.0 Å². The van der Waals surface area contributed by atoms with Gasteiger partial charge in [-0.25, -0.2) is 8.42 Å². The summed E-state index contributed by atoms with van der Waals surface area (Å²) in [6.07, 6.45) is 0. The van der Waals surface area contributed by atoms with Gasteiger partial charge in [0.25, 0.3) is 0 Å². The van der Waals surface area contributed by atoms with Gasteiger partial charge in [-0.05, 0) is 36.4 Å². The first kappa shape index (κ1) is 20.5. The van der Waals surface area contributed by atoms with E-state index < -0.39 is 15.9 Å². The molecule has 2 aromatic carbocycles. The number of ether oxygens (including phenoxy) is 1. The van der Waals surface area contributed by atoms with Gasteiger partial charge in [-0.2, -0.15) is 4.31 Å². The van der Waals surface area contributed by atoms with Crippen LogP contribution in [0.4, 0.5) is 5.69 Å². The average Bonchev–Trinajstić information content (AvgIpc) is 2.59. The molecule has 0 saturated carbocycles. The number of methoxy groups -OCH3 is 1. The van der Waals surface area contributed by atoms with Crippen LogP contribution >= 0.6 is 23.2 Å². The molecule has 1 amide bonds. The van der Waals surface area contributed by atoms with Crippen LogP contribution in [0, 0.1) is 0 Å². The minimum atomic E-state index is -4.02. The quantitative estimate of drug-likeness (QED) is 0.746. The fourth-order valence-electron chi connectivity index (χ4n) is 2.26. The molecule has 0 radical (unpaired) electrons. The molecule has 2 aromatic rings. The number of likely N-dealkylation sites (N-methyl/N-ethyl adjacent to an activating group) is 1. The van der Waals surface area contributed by atoms with Gasteiger partial charge in [-0.3, -0.25) is 4.79 Å². The van der Waals surface area contributed by atoms with Crippen LogP contribution in [0.1, 0.15) is 6.92 Å². The number of hydrogen-bond acceptors (Lipinski definition) is 4. The first-order chi connectivity index (χ1) is 12.3. The molecule has 0 aromatic heterocycles. The maximum absolute atomic E-state index is 12.8. The Kier molecular flexibility index (Phi) is 6.88. The lowest BCUT2D eigenvalue weighted by Crippen LogP contribution is -2.38. The van der Waals surface area contributed by atoms with Crippen molar-refractivity contribution in [3.05, 3.63) is 52.5 Å². The van der Waals surface area contributed by atoms with Gasteiger partial charge < -0.3 is 10.1 Å². The Hall–Kier alpha value is -1.80. The number of halogens is 2. The average molecular weight is 417 g/mol. The van der Waals surface area contributed by atoms with E-state index in [1.54, 1.807) is 37.3 Å². The predicted molar refractivity (Wildman–Crippen MR) is 103 cm³/mol. The summed E-state index contributed by atoms with van der Waals surface area (Å²) >= 11 is 12.0. The van der Waals surface area contributed by atoms with Gasteiger partial charge in [0, 0.05) is 12.2 Å². The van der Waals surface area contributed by atoms with Gasteiger partial charge in [0.1, 0.15) is 10.6 Å². The molecule has 2 rings (SSSR count). The monoisotopic (exact) mass is 416 g/mol. The normalized spacial score (nSPS) is 11.4. The van der Waals surface area contributed by atoms with Crippen molar-refractivity contribution < 1.29 is 17.9 Å². The van der Waals surface area contributed by atoms with Crippen molar-refractivity contribution >= 4 is 44.8 Å². The van der Waals surface area contributed by atoms with Crippen LogP contribution in [-0.4, -0.2) is 38.8 Å². The Morgan fingerprint density at radius 1 is 1.12 bits per heavy atom. The number of benzene rings is 2. The van der Waals surface area contributed by atoms with Crippen LogP contribution in [0.15, 0.2) is 47.4 Å². The summed E-state index contributed by atoms with van der Waals surface area (Å²) < 4.78 is 31.7. The third kappa shape index (κ3) is 4.67. The zero-order chi connectivity index (χ0) is 19.3. The minimum absolute atomic E-state index is 0.00603. The van der Waals surface area contributed by atoms with Crippen molar-refractivity contribution in [2.45, 2.75) is 11.8 Å². The number of anilines is 1. The summed E-state index contributed by atoms with van der Waals surface area (Å²) in [6.45, 7) is 1.34. The highest BCUT2D eigenvalue weighted by Gasteiger charge is 2.29. The van der Waals surface area contributed by atoms with Crippen molar-refractivity contribution in [2.75, 3.05) is 25.5 Å². The van der Waals surface area contributed by atoms with Crippen LogP contribution < -0.4 is 10.1 Å². The summed E-state index contributed by atoms with van der Waals surface area (Å²) in [5.74, 6) is 0.165. The van der Waals surface area contributed by atoms with Gasteiger partial charge in [-0.15, -0.1) is 0 Å². The number of nitrogens with one attached hydrogen (secondary N) is 1. The lowest BCUT2D eigenvalue weighted by atomic mass is 10.3. The van der Waals surface area contributed by atoms with Crippen LogP contribution in [-0.2, 0) is 14.8 Å². The van der Waals surface area contributed by atoms with Crippen LogP contribution in [0.3, 0.4) is 0 Å². The fraction of sp³-hybridized carbons (Fsp3) is 0.235. The first-order valence-corrected chi connectivity index (χ1v) is 9.87. The van der Waals surface area contributed by atoms with E-state index in [1.807, 2.05) is 0 Å². The summed E-state index contributed by atoms with van der Waals surface area (Å²) in [6, 6.07) is 11.1. The molecule has 0 unspecified atom stereocenters. The van der Waals surface area contributed by atoms with E-state index in [0.29, 0.717) is 11.4 Å². The molecule has 6 nitrogen and oxygen atoms in total. The lowest BCUT2D eigenvalue weighted by molar-refractivity contribution is -0.116. The van der Waals surface area contributed by atoms with Gasteiger partial charge in [0.15, 0.2) is 0 Å². The Bertz CT molecular complexity index is 866. The number of hydrogen-bond donors (Lipinski definition) is 1. The molecule has 0 bridgehead atoms. The Morgan fingerprint density at radius 2 is 1.69 bits per heavy atom. The zero-order valence-electron chi connectivity index (χ0n) is 14.2. The van der Waals surface area contributed by atoms with E-state index in [1.165, 1.54) is 19.2 Å². The molecule has 0 aliphatic carbocycles. The highest BCUT2D eigenvalue weighted by molar-refractivity contribution is 7.89. The van der Waals surface area contributed by atoms with E-state index in [9.17, 15) is 13.2 Å². The van der Waals surface area contributed by atoms with Gasteiger partial charge in [0.2, 0.25) is 15.9 Å². The summed E-state index contributed by atoms with van der Waals surface area (Å²) in [5.41, 5.74) is 0.528. The predicted octanol–water partition coefficient (Wildman–Crippen LogP) is 3.65. The molecular formula is C17H18Cl2N2O4S. The van der Waals surface area contributed by atoms with Crippen molar-refractivity contribution in [3.8, 4) is 5.75 Å². The van der Waals surface area contributed by atoms with E-state index in [-0.39, 0.29) is 28.0 Å². The van der Waals surface area contributed by atoms with E-state index in [0.717, 1.165) is 4.31 Å². The minimum Gasteiger partial charge on any atom is -0.497 e. The second-order valence-corrected chi connectivity index (χ2v) is 7.95. The van der Waals surface area contributed by atoms with E-state index in [2.05, 4.69) is 5.32 Å². The Balaban J connectivity index is 2.18. The van der Waals surface area contributed by atoms with Crippen molar-refractivity contribution in [1.82, 2.24) is 4.31 Å². The smallest absolute Gasteiger partial charge is 0.246 e. The topological polar surface area (TPSA) is 75.7 Å². The highest BCUT2D eigenvalue weighted by Crippen LogP contribution is 2.31. The third-order valence-electron chi connectivity index (χ3n) is 3.56. The Morgan fingerprint density at radius 3 is 2.19 bits per heavy atom. The van der Waals surface area contributed by atoms with Crippen molar-refractivity contribution in [1.29, 1.82) is 0 Å². The third-order valence-corrected chi connectivity index (χ3v) is 6.44. The van der Waals surface area contributed by atoms with Gasteiger partial charge in [-0.1, -0.05) is 36.2 Å². The zero-order valence-corrected chi connectivity index (χ0v) is 16.5. The number of rotatable bonds is 7. The maximum Gasteiger partial charge on any atom is 0.246 e. The van der Waals surface area contributed by atoms with Crippen LogP contribution in [0.5, 0.6) is 5.75 Å². The molecule has 26 heavy (non-hydrogen) atoms. The van der Waals surface area contributed by atoms with E-state index in [4.69, 9.17) is 27.9 Å². The molecule has 0 spiro atoms. The van der Waals surface area contributed by atoms with Crippen LogP contribution in [0.25, 0.3) is 0 Å². The molecule has 9 heteroatoms. The van der Waals surface area contributed by atoms with Crippen molar-refractivity contribution in [2.24, 2.45) is 0 Å². The SMILES string of the molecule is CCN(CC(=O)Nc1ccc(OC)cc1)S(=O)(=O)c1c(Cl)cccc1Cl. The second-order valence-electron chi connectivity index (χ2n) is 5.26. The molecule has 0 atom stereocenters. The standard InChI is InChI=1S/C17H18Cl2N2O4S/c1-3-21(26(23,24)17-14(18)5-4-6-15(17)19)11-16(22)20-12-7-9-13(25-2)10-8-12/h4-10H,3,11H2,1-2H3,(H,20,22). The summed E-state index contributed by atoms with van der Waals surface area (Å²) in [7, 11) is -2.48.